The molecule has 0 bridgehead atoms. The summed E-state index contributed by atoms with van der Waals surface area (Å²) in [6, 6.07) is 0. The normalized spacial score (nSPS) is 19.7. The van der Waals surface area contributed by atoms with E-state index in [4.69, 9.17) is 0 Å². The number of nitrogens with one attached hydrogen (secondary N) is 1. The standard InChI is InChI=1S/C20H27N7O2/c1-14-10-22-17(13-21-14)19(28)23-11-15-3-4-27-18(9-15)16(12-24-27)20(29)26-7-5-25(2)6-8-26/h10,12-13,15H,3-9,11H2,1-2H3,(H,23,28)/t15-/m1/s1. The van der Waals surface area contributed by atoms with Crippen molar-refractivity contribution in [3.05, 3.63) is 41.2 Å². The minimum atomic E-state index is -0.217. The molecule has 0 radical (unpaired) electrons. The Morgan fingerprint density at radius 2 is 1.90 bits per heavy atom. The second-order valence-corrected chi connectivity index (χ2v) is 7.94. The first-order valence-corrected chi connectivity index (χ1v) is 10.1. The van der Waals surface area contributed by atoms with Gasteiger partial charge in [-0.25, -0.2) is 4.98 Å². The molecule has 1 atom stereocenters. The Bertz CT molecular complexity index is 885. The molecule has 1 N–H and O–H groups in total. The van der Waals surface area contributed by atoms with Crippen LogP contribution in [0, 0.1) is 12.8 Å². The lowest BCUT2D eigenvalue weighted by Crippen LogP contribution is -2.47. The highest BCUT2D eigenvalue weighted by Crippen LogP contribution is 2.24. The Hall–Kier alpha value is -2.81. The van der Waals surface area contributed by atoms with E-state index in [1.54, 1.807) is 12.4 Å². The minimum absolute atomic E-state index is 0.0685. The molecule has 154 valence electrons. The number of carbonyl (C=O) groups is 2. The summed E-state index contributed by atoms with van der Waals surface area (Å²) in [6.07, 6.45) is 6.43. The first kappa shape index (κ1) is 19.5. The molecule has 4 rings (SSSR count). The lowest BCUT2D eigenvalue weighted by molar-refractivity contribution is 0.0661. The fourth-order valence-electron chi connectivity index (χ4n) is 3.87. The van der Waals surface area contributed by atoms with Crippen molar-refractivity contribution in [1.82, 2.24) is 34.9 Å². The predicted octanol–water partition coefficient (Wildman–Crippen LogP) is 0.362. The van der Waals surface area contributed by atoms with Crippen molar-refractivity contribution in [2.45, 2.75) is 26.3 Å². The summed E-state index contributed by atoms with van der Waals surface area (Å²) in [4.78, 5) is 37.7. The molecular formula is C20H27N7O2. The number of likely N-dealkylation sites (N-methyl/N-ethyl adjacent to an activating group) is 1. The van der Waals surface area contributed by atoms with Crippen molar-refractivity contribution in [3.63, 3.8) is 0 Å². The van der Waals surface area contributed by atoms with Gasteiger partial charge in [-0.15, -0.1) is 0 Å². The molecule has 9 nitrogen and oxygen atoms in total. The Kier molecular flexibility index (Phi) is 5.57. The Labute approximate surface area is 170 Å². The Balaban J connectivity index is 1.38. The van der Waals surface area contributed by atoms with Crippen LogP contribution in [0.25, 0.3) is 0 Å². The zero-order chi connectivity index (χ0) is 20.4. The van der Waals surface area contributed by atoms with E-state index >= 15 is 0 Å². The van der Waals surface area contributed by atoms with E-state index in [9.17, 15) is 9.59 Å². The van der Waals surface area contributed by atoms with Crippen LogP contribution in [0.4, 0.5) is 0 Å². The summed E-state index contributed by atoms with van der Waals surface area (Å²) < 4.78 is 1.94. The summed E-state index contributed by atoms with van der Waals surface area (Å²) >= 11 is 0. The third-order valence-electron chi connectivity index (χ3n) is 5.77. The largest absolute Gasteiger partial charge is 0.350 e. The maximum absolute atomic E-state index is 13.0. The maximum atomic E-state index is 13.0. The number of fused-ring (bicyclic) bond motifs is 1. The van der Waals surface area contributed by atoms with Gasteiger partial charge in [-0.1, -0.05) is 0 Å². The van der Waals surface area contributed by atoms with E-state index in [0.29, 0.717) is 17.8 Å². The van der Waals surface area contributed by atoms with Gasteiger partial charge in [0.2, 0.25) is 0 Å². The predicted molar refractivity (Wildman–Crippen MR) is 107 cm³/mol. The molecule has 2 aliphatic rings. The molecule has 0 aliphatic carbocycles. The van der Waals surface area contributed by atoms with Crippen LogP contribution >= 0.6 is 0 Å². The molecule has 29 heavy (non-hydrogen) atoms. The van der Waals surface area contributed by atoms with Gasteiger partial charge in [-0.2, -0.15) is 5.10 Å². The summed E-state index contributed by atoms with van der Waals surface area (Å²) in [5.74, 6) is 0.116. The van der Waals surface area contributed by atoms with E-state index in [-0.39, 0.29) is 17.7 Å². The average Bonchev–Trinajstić information content (AvgIpc) is 3.16. The van der Waals surface area contributed by atoms with Gasteiger partial charge in [-0.3, -0.25) is 19.3 Å². The number of piperazine rings is 1. The number of aromatic nitrogens is 4. The maximum Gasteiger partial charge on any atom is 0.271 e. The Morgan fingerprint density at radius 3 is 2.62 bits per heavy atom. The molecule has 2 amide bonds. The lowest BCUT2D eigenvalue weighted by atomic mass is 9.94. The average molecular weight is 397 g/mol. The number of aryl methyl sites for hydroxylation is 2. The molecule has 1 saturated heterocycles. The van der Waals surface area contributed by atoms with Crippen molar-refractivity contribution in [3.8, 4) is 0 Å². The highest BCUT2D eigenvalue weighted by atomic mass is 16.2. The molecule has 9 heteroatoms. The molecule has 0 spiro atoms. The van der Waals surface area contributed by atoms with Crippen LogP contribution in [0.3, 0.4) is 0 Å². The van der Waals surface area contributed by atoms with Crippen LogP contribution < -0.4 is 5.32 Å². The SMILES string of the molecule is Cc1cnc(C(=O)NC[C@@H]2CCn3ncc(C(=O)N4CCN(C)CC4)c3C2)cn1. The van der Waals surface area contributed by atoms with E-state index in [0.717, 1.165) is 57.0 Å². The molecule has 2 aromatic rings. The number of hydrogen-bond acceptors (Lipinski definition) is 6. The van der Waals surface area contributed by atoms with Gasteiger partial charge in [0.1, 0.15) is 5.69 Å². The van der Waals surface area contributed by atoms with Crippen molar-refractivity contribution >= 4 is 11.8 Å². The van der Waals surface area contributed by atoms with E-state index < -0.39 is 0 Å². The summed E-state index contributed by atoms with van der Waals surface area (Å²) in [6.45, 7) is 6.42. The van der Waals surface area contributed by atoms with Crippen molar-refractivity contribution in [2.24, 2.45) is 5.92 Å². The van der Waals surface area contributed by atoms with Crippen LogP contribution in [-0.4, -0.2) is 81.1 Å². The van der Waals surface area contributed by atoms with Crippen LogP contribution in [0.5, 0.6) is 0 Å². The zero-order valence-electron chi connectivity index (χ0n) is 17.0. The van der Waals surface area contributed by atoms with E-state index in [2.05, 4.69) is 32.3 Å². The van der Waals surface area contributed by atoms with Gasteiger partial charge in [0.25, 0.3) is 11.8 Å². The fourth-order valence-corrected chi connectivity index (χ4v) is 3.87. The molecule has 2 aliphatic heterocycles. The molecule has 2 aromatic heterocycles. The molecule has 0 aromatic carbocycles. The molecule has 0 unspecified atom stereocenters. The number of amides is 2. The van der Waals surface area contributed by atoms with Crippen molar-refractivity contribution < 1.29 is 9.59 Å². The van der Waals surface area contributed by atoms with Crippen LogP contribution in [0.1, 0.15) is 38.7 Å². The van der Waals surface area contributed by atoms with Gasteiger partial charge in [-0.05, 0) is 32.7 Å². The summed E-state index contributed by atoms with van der Waals surface area (Å²) in [7, 11) is 2.07. The monoisotopic (exact) mass is 397 g/mol. The third-order valence-corrected chi connectivity index (χ3v) is 5.77. The summed E-state index contributed by atoms with van der Waals surface area (Å²) in [5.41, 5.74) is 2.78. The van der Waals surface area contributed by atoms with Crippen LogP contribution in [0.2, 0.25) is 0 Å². The van der Waals surface area contributed by atoms with E-state index in [1.807, 2.05) is 16.5 Å². The van der Waals surface area contributed by atoms with Gasteiger partial charge < -0.3 is 15.1 Å². The van der Waals surface area contributed by atoms with Crippen LogP contribution in [0.15, 0.2) is 18.6 Å². The number of hydrogen-bond donors (Lipinski definition) is 1. The second-order valence-electron chi connectivity index (χ2n) is 7.94. The molecule has 1 fully saturated rings. The topological polar surface area (TPSA) is 96.2 Å². The second kappa shape index (κ2) is 8.28. The summed E-state index contributed by atoms with van der Waals surface area (Å²) in [5, 5.41) is 7.38. The van der Waals surface area contributed by atoms with Crippen LogP contribution in [-0.2, 0) is 13.0 Å². The first-order chi connectivity index (χ1) is 14.0. The zero-order valence-corrected chi connectivity index (χ0v) is 17.0. The first-order valence-electron chi connectivity index (χ1n) is 10.1. The van der Waals surface area contributed by atoms with Gasteiger partial charge in [0.15, 0.2) is 0 Å². The quantitative estimate of drug-likeness (QED) is 0.800. The van der Waals surface area contributed by atoms with Gasteiger partial charge in [0, 0.05) is 45.5 Å². The lowest BCUT2D eigenvalue weighted by Gasteiger charge is -2.32. The van der Waals surface area contributed by atoms with E-state index in [1.165, 1.54) is 6.20 Å². The molecule has 4 heterocycles. The molecular weight excluding hydrogens is 370 g/mol. The smallest absolute Gasteiger partial charge is 0.271 e. The number of rotatable bonds is 4. The van der Waals surface area contributed by atoms with Gasteiger partial charge >= 0.3 is 0 Å². The Morgan fingerprint density at radius 1 is 1.10 bits per heavy atom. The number of nitrogens with zero attached hydrogens (tertiary/aromatic N) is 6. The van der Waals surface area contributed by atoms with Gasteiger partial charge in [0.05, 0.1) is 29.3 Å². The third kappa shape index (κ3) is 4.29. The highest BCUT2D eigenvalue weighted by Gasteiger charge is 2.29. The minimum Gasteiger partial charge on any atom is -0.350 e. The number of carbonyl (C=O) groups excluding carboxylic acids is 2. The fraction of sp³-hybridized carbons (Fsp3) is 0.550. The van der Waals surface area contributed by atoms with Crippen molar-refractivity contribution in [1.29, 1.82) is 0 Å². The molecule has 0 saturated carbocycles. The van der Waals surface area contributed by atoms with Crippen molar-refractivity contribution in [2.75, 3.05) is 39.8 Å². The highest BCUT2D eigenvalue weighted by molar-refractivity contribution is 5.95.